The van der Waals surface area contributed by atoms with Crippen LogP contribution in [-0.2, 0) is 13.0 Å². The molecule has 0 radical (unpaired) electrons. The summed E-state index contributed by atoms with van der Waals surface area (Å²) in [6.45, 7) is 1.12. The normalized spacial score (nSPS) is 10.4. The van der Waals surface area contributed by atoms with E-state index >= 15 is 0 Å². The molecule has 0 aliphatic rings. The van der Waals surface area contributed by atoms with E-state index in [-0.39, 0.29) is 5.75 Å². The second-order valence-electron chi connectivity index (χ2n) is 4.47. The Morgan fingerprint density at radius 3 is 2.53 bits per heavy atom. The van der Waals surface area contributed by atoms with E-state index in [4.69, 9.17) is 10.5 Å². The van der Waals surface area contributed by atoms with Gasteiger partial charge in [-0.15, -0.1) is 0 Å². The lowest BCUT2D eigenvalue weighted by atomic mass is 10.1. The minimum Gasteiger partial charge on any atom is -0.504 e. The molecule has 3 nitrogen and oxygen atoms in total. The van der Waals surface area contributed by atoms with Crippen molar-refractivity contribution in [2.45, 2.75) is 19.4 Å². The molecule has 0 aliphatic carbocycles. The van der Waals surface area contributed by atoms with E-state index in [0.717, 1.165) is 24.0 Å². The fourth-order valence-corrected chi connectivity index (χ4v) is 1.87. The molecule has 3 N–H and O–H groups in total. The van der Waals surface area contributed by atoms with Crippen molar-refractivity contribution in [1.82, 2.24) is 0 Å². The third-order valence-corrected chi connectivity index (χ3v) is 2.93. The van der Waals surface area contributed by atoms with Gasteiger partial charge in [0.25, 0.3) is 0 Å². The van der Waals surface area contributed by atoms with Gasteiger partial charge < -0.3 is 15.6 Å². The smallest absolute Gasteiger partial charge is 0.161 e. The first kappa shape index (κ1) is 13.4. The molecule has 0 heterocycles. The monoisotopic (exact) mass is 257 g/mol. The number of ether oxygens (including phenoxy) is 1. The molecule has 0 saturated heterocycles. The quantitative estimate of drug-likeness (QED) is 0.836. The van der Waals surface area contributed by atoms with E-state index in [1.165, 1.54) is 0 Å². The van der Waals surface area contributed by atoms with Crippen LogP contribution in [0.1, 0.15) is 17.5 Å². The summed E-state index contributed by atoms with van der Waals surface area (Å²) in [6.07, 6.45) is 1.83. The summed E-state index contributed by atoms with van der Waals surface area (Å²) in [6, 6.07) is 15.4. The fraction of sp³-hybridized carbons (Fsp3) is 0.250. The number of phenols is 1. The van der Waals surface area contributed by atoms with Gasteiger partial charge >= 0.3 is 0 Å². The highest BCUT2D eigenvalue weighted by atomic mass is 16.5. The topological polar surface area (TPSA) is 55.5 Å². The maximum atomic E-state index is 9.79. The zero-order chi connectivity index (χ0) is 13.5. The van der Waals surface area contributed by atoms with Gasteiger partial charge in [0, 0.05) is 0 Å². The lowest BCUT2D eigenvalue weighted by Gasteiger charge is -2.10. The number of nitrogens with two attached hydrogens (primary N) is 1. The van der Waals surface area contributed by atoms with Gasteiger partial charge in [-0.2, -0.15) is 0 Å². The van der Waals surface area contributed by atoms with E-state index < -0.39 is 0 Å². The molecule has 0 bridgehead atoms. The molecule has 2 aromatic carbocycles. The van der Waals surface area contributed by atoms with Crippen LogP contribution in [0.4, 0.5) is 0 Å². The molecule has 19 heavy (non-hydrogen) atoms. The van der Waals surface area contributed by atoms with Crippen molar-refractivity contribution in [2.24, 2.45) is 5.73 Å². The number of phenolic OH excluding ortho intramolecular Hbond substituents is 1. The van der Waals surface area contributed by atoms with Crippen LogP contribution in [0.25, 0.3) is 0 Å². The Balaban J connectivity index is 2.02. The summed E-state index contributed by atoms with van der Waals surface area (Å²) >= 11 is 0. The van der Waals surface area contributed by atoms with Crippen LogP contribution in [0, 0.1) is 0 Å². The van der Waals surface area contributed by atoms with Crippen LogP contribution in [0.2, 0.25) is 0 Å². The average molecular weight is 257 g/mol. The lowest BCUT2D eigenvalue weighted by Crippen LogP contribution is -2.01. The van der Waals surface area contributed by atoms with Crippen molar-refractivity contribution in [1.29, 1.82) is 0 Å². The van der Waals surface area contributed by atoms with E-state index in [0.29, 0.717) is 18.9 Å². The minimum atomic E-state index is 0.174. The van der Waals surface area contributed by atoms with E-state index in [1.807, 2.05) is 42.5 Å². The summed E-state index contributed by atoms with van der Waals surface area (Å²) in [7, 11) is 0. The maximum Gasteiger partial charge on any atom is 0.161 e. The Hall–Kier alpha value is -2.00. The molecule has 100 valence electrons. The van der Waals surface area contributed by atoms with Gasteiger partial charge in [-0.25, -0.2) is 0 Å². The Labute approximate surface area is 113 Å². The second kappa shape index (κ2) is 6.81. The molecular formula is C16H19NO2. The molecule has 0 amide bonds. The molecule has 0 atom stereocenters. The molecule has 0 fully saturated rings. The van der Waals surface area contributed by atoms with Crippen molar-refractivity contribution in [3.63, 3.8) is 0 Å². The second-order valence-corrected chi connectivity index (χ2v) is 4.47. The van der Waals surface area contributed by atoms with Gasteiger partial charge in [0.05, 0.1) is 0 Å². The highest BCUT2D eigenvalue weighted by molar-refractivity contribution is 5.42. The maximum absolute atomic E-state index is 9.79. The molecule has 0 aliphatic heterocycles. The first-order valence-corrected chi connectivity index (χ1v) is 6.48. The van der Waals surface area contributed by atoms with E-state index in [9.17, 15) is 5.11 Å². The molecule has 0 spiro atoms. The standard InChI is InChI=1S/C16H19NO2/c17-10-4-7-13-8-9-15(18)16(11-13)19-12-14-5-2-1-3-6-14/h1-3,5-6,8-9,11,18H,4,7,10,12,17H2. The lowest BCUT2D eigenvalue weighted by molar-refractivity contribution is 0.288. The van der Waals surface area contributed by atoms with Gasteiger partial charge in [-0.1, -0.05) is 36.4 Å². The van der Waals surface area contributed by atoms with Crippen LogP contribution in [-0.4, -0.2) is 11.7 Å². The van der Waals surface area contributed by atoms with Crippen molar-refractivity contribution >= 4 is 0 Å². The number of aromatic hydroxyl groups is 1. The van der Waals surface area contributed by atoms with Crippen molar-refractivity contribution in [3.05, 3.63) is 59.7 Å². The van der Waals surface area contributed by atoms with Crippen LogP contribution in [0.5, 0.6) is 11.5 Å². The van der Waals surface area contributed by atoms with E-state index in [2.05, 4.69) is 0 Å². The van der Waals surface area contributed by atoms with Gasteiger partial charge in [0.2, 0.25) is 0 Å². The van der Waals surface area contributed by atoms with Crippen molar-refractivity contribution < 1.29 is 9.84 Å². The number of rotatable bonds is 6. The minimum absolute atomic E-state index is 0.174. The molecule has 0 aromatic heterocycles. The predicted molar refractivity (Wildman–Crippen MR) is 76.3 cm³/mol. The van der Waals surface area contributed by atoms with Crippen molar-refractivity contribution in [3.8, 4) is 11.5 Å². The molecule has 2 rings (SSSR count). The molecule has 2 aromatic rings. The third-order valence-electron chi connectivity index (χ3n) is 2.93. The highest BCUT2D eigenvalue weighted by Crippen LogP contribution is 2.28. The van der Waals surface area contributed by atoms with E-state index in [1.54, 1.807) is 6.07 Å². The Kier molecular flexibility index (Phi) is 4.81. The zero-order valence-corrected chi connectivity index (χ0v) is 10.9. The average Bonchev–Trinajstić information content (AvgIpc) is 2.46. The summed E-state index contributed by atoms with van der Waals surface area (Å²) in [5.74, 6) is 0.700. The van der Waals surface area contributed by atoms with Crippen LogP contribution >= 0.6 is 0 Å². The molecule has 3 heteroatoms. The van der Waals surface area contributed by atoms with Gasteiger partial charge in [-0.3, -0.25) is 0 Å². The summed E-state index contributed by atoms with van der Waals surface area (Å²) < 4.78 is 5.66. The van der Waals surface area contributed by atoms with Gasteiger partial charge in [0.1, 0.15) is 6.61 Å². The molecule has 0 unspecified atom stereocenters. The first-order chi connectivity index (χ1) is 9.29. The number of hydrogen-bond acceptors (Lipinski definition) is 3. The number of aryl methyl sites for hydroxylation is 1. The van der Waals surface area contributed by atoms with Gasteiger partial charge in [-0.05, 0) is 42.6 Å². The van der Waals surface area contributed by atoms with Crippen LogP contribution in [0.3, 0.4) is 0 Å². The first-order valence-electron chi connectivity index (χ1n) is 6.48. The molecule has 0 saturated carbocycles. The van der Waals surface area contributed by atoms with Crippen LogP contribution < -0.4 is 10.5 Å². The van der Waals surface area contributed by atoms with Gasteiger partial charge in [0.15, 0.2) is 11.5 Å². The zero-order valence-electron chi connectivity index (χ0n) is 10.9. The Morgan fingerprint density at radius 1 is 1.00 bits per heavy atom. The molecular weight excluding hydrogens is 238 g/mol. The largest absolute Gasteiger partial charge is 0.504 e. The third kappa shape index (κ3) is 4.00. The highest BCUT2D eigenvalue weighted by Gasteiger charge is 2.04. The number of hydrogen-bond donors (Lipinski definition) is 2. The van der Waals surface area contributed by atoms with Crippen LogP contribution in [0.15, 0.2) is 48.5 Å². The summed E-state index contributed by atoms with van der Waals surface area (Å²) in [5, 5.41) is 9.79. The Morgan fingerprint density at radius 2 is 1.79 bits per heavy atom. The summed E-state index contributed by atoms with van der Waals surface area (Å²) in [4.78, 5) is 0. The van der Waals surface area contributed by atoms with Crippen molar-refractivity contribution in [2.75, 3.05) is 6.54 Å². The number of benzene rings is 2. The fourth-order valence-electron chi connectivity index (χ4n) is 1.87. The SMILES string of the molecule is NCCCc1ccc(O)c(OCc2ccccc2)c1. The predicted octanol–water partition coefficient (Wildman–Crippen LogP) is 2.86. The summed E-state index contributed by atoms with van der Waals surface area (Å²) in [5.41, 5.74) is 7.71. The Bertz CT molecular complexity index is 511.